The van der Waals surface area contributed by atoms with Gasteiger partial charge in [-0.25, -0.2) is 9.48 Å². The van der Waals surface area contributed by atoms with E-state index in [1.165, 1.54) is 19.1 Å². The van der Waals surface area contributed by atoms with E-state index in [2.05, 4.69) is 10.4 Å². The van der Waals surface area contributed by atoms with Gasteiger partial charge in [0.15, 0.2) is 5.69 Å². The number of amides is 1. The lowest BCUT2D eigenvalue weighted by Gasteiger charge is -2.16. The minimum absolute atomic E-state index is 0.205. The third-order valence-electron chi connectivity index (χ3n) is 4.41. The number of hydrogen-bond donors (Lipinski definition) is 2. The summed E-state index contributed by atoms with van der Waals surface area (Å²) in [5.41, 5.74) is 0.952. The standard InChI is InChI=1S/C20H19N3O4/c1-3-13-8-10-14(11-9-13)21-18(24)12(2)23-19(25)16-7-5-4-6-15(16)17(22-23)20(26)27/h4-12H,3H2,1-2H3,(H,21,24)(H,26,27). The molecule has 2 N–H and O–H groups in total. The molecule has 0 spiro atoms. The van der Waals surface area contributed by atoms with Crippen molar-refractivity contribution in [3.63, 3.8) is 0 Å². The highest BCUT2D eigenvalue weighted by atomic mass is 16.4. The maximum atomic E-state index is 12.7. The molecule has 0 saturated heterocycles. The van der Waals surface area contributed by atoms with Crippen LogP contribution in [0.3, 0.4) is 0 Å². The minimum Gasteiger partial charge on any atom is -0.476 e. The van der Waals surface area contributed by atoms with E-state index < -0.39 is 23.5 Å². The average Bonchev–Trinajstić information content (AvgIpc) is 2.68. The van der Waals surface area contributed by atoms with Gasteiger partial charge in [0.25, 0.3) is 5.56 Å². The van der Waals surface area contributed by atoms with E-state index in [1.807, 2.05) is 19.1 Å². The second-order valence-corrected chi connectivity index (χ2v) is 6.16. The summed E-state index contributed by atoms with van der Waals surface area (Å²) in [6, 6.07) is 12.7. The average molecular weight is 365 g/mol. The number of carboxylic acid groups (broad SMARTS) is 1. The zero-order valence-electron chi connectivity index (χ0n) is 15.0. The first-order chi connectivity index (χ1) is 12.9. The molecule has 1 aromatic heterocycles. The largest absolute Gasteiger partial charge is 0.476 e. The van der Waals surface area contributed by atoms with Crippen molar-refractivity contribution in [2.24, 2.45) is 0 Å². The molecule has 0 saturated carbocycles. The molecule has 2 aromatic carbocycles. The van der Waals surface area contributed by atoms with Gasteiger partial charge in [-0.05, 0) is 37.1 Å². The fourth-order valence-electron chi connectivity index (χ4n) is 2.81. The monoisotopic (exact) mass is 365 g/mol. The Balaban J connectivity index is 1.98. The SMILES string of the molecule is CCc1ccc(NC(=O)C(C)n2nc(C(=O)O)c3ccccc3c2=O)cc1. The number of carbonyl (C=O) groups is 2. The van der Waals surface area contributed by atoms with E-state index in [9.17, 15) is 19.5 Å². The summed E-state index contributed by atoms with van der Waals surface area (Å²) >= 11 is 0. The third kappa shape index (κ3) is 3.57. The molecule has 0 fully saturated rings. The van der Waals surface area contributed by atoms with Gasteiger partial charge in [0.05, 0.1) is 5.39 Å². The van der Waals surface area contributed by atoms with E-state index in [-0.39, 0.29) is 16.5 Å². The summed E-state index contributed by atoms with van der Waals surface area (Å²) in [5, 5.41) is 16.5. The number of rotatable bonds is 5. The Labute approximate surface area is 155 Å². The van der Waals surface area contributed by atoms with Crippen molar-refractivity contribution in [3.8, 4) is 0 Å². The predicted molar refractivity (Wildman–Crippen MR) is 102 cm³/mol. The number of carbonyl (C=O) groups excluding carboxylic acids is 1. The summed E-state index contributed by atoms with van der Waals surface area (Å²) in [6.45, 7) is 3.54. The second-order valence-electron chi connectivity index (χ2n) is 6.16. The zero-order chi connectivity index (χ0) is 19.6. The number of carboxylic acids is 1. The normalized spacial score (nSPS) is 11.9. The lowest BCUT2D eigenvalue weighted by molar-refractivity contribution is -0.119. The summed E-state index contributed by atoms with van der Waals surface area (Å²) in [5.74, 6) is -1.72. The predicted octanol–water partition coefficient (Wildman–Crippen LogP) is 2.86. The second kappa shape index (κ2) is 7.41. The molecule has 3 aromatic rings. The Bertz CT molecular complexity index is 1070. The lowest BCUT2D eigenvalue weighted by Crippen LogP contribution is -2.34. The van der Waals surface area contributed by atoms with Crippen LogP contribution in [-0.2, 0) is 11.2 Å². The van der Waals surface area contributed by atoms with Crippen LogP contribution < -0.4 is 10.9 Å². The lowest BCUT2D eigenvalue weighted by atomic mass is 10.1. The topological polar surface area (TPSA) is 101 Å². The van der Waals surface area contributed by atoms with E-state index >= 15 is 0 Å². The van der Waals surface area contributed by atoms with Gasteiger partial charge >= 0.3 is 5.97 Å². The van der Waals surface area contributed by atoms with E-state index in [0.29, 0.717) is 5.69 Å². The number of aromatic nitrogens is 2. The van der Waals surface area contributed by atoms with Crippen molar-refractivity contribution >= 4 is 28.3 Å². The highest BCUT2D eigenvalue weighted by Gasteiger charge is 2.22. The molecule has 0 radical (unpaired) electrons. The highest BCUT2D eigenvalue weighted by Crippen LogP contribution is 2.16. The molecule has 0 aliphatic rings. The van der Waals surface area contributed by atoms with Gasteiger partial charge < -0.3 is 10.4 Å². The Kier molecular flexibility index (Phi) is 5.03. The van der Waals surface area contributed by atoms with Crippen LogP contribution in [0.1, 0.15) is 35.9 Å². The number of anilines is 1. The number of fused-ring (bicyclic) bond motifs is 1. The summed E-state index contributed by atoms with van der Waals surface area (Å²) in [6.07, 6.45) is 0.888. The smallest absolute Gasteiger partial charge is 0.357 e. The maximum Gasteiger partial charge on any atom is 0.357 e. The van der Waals surface area contributed by atoms with Gasteiger partial charge in [-0.1, -0.05) is 37.3 Å². The van der Waals surface area contributed by atoms with Crippen LogP contribution in [0.4, 0.5) is 5.69 Å². The zero-order valence-corrected chi connectivity index (χ0v) is 15.0. The van der Waals surface area contributed by atoms with Crippen LogP contribution in [0, 0.1) is 0 Å². The van der Waals surface area contributed by atoms with Crippen LogP contribution in [0.25, 0.3) is 10.8 Å². The minimum atomic E-state index is -1.26. The van der Waals surface area contributed by atoms with Crippen LogP contribution in [0.2, 0.25) is 0 Å². The highest BCUT2D eigenvalue weighted by molar-refractivity contribution is 6.01. The van der Waals surface area contributed by atoms with Crippen molar-refractivity contribution < 1.29 is 14.7 Å². The molecule has 1 amide bonds. The van der Waals surface area contributed by atoms with Gasteiger partial charge in [-0.15, -0.1) is 0 Å². The molecular weight excluding hydrogens is 346 g/mol. The fraction of sp³-hybridized carbons (Fsp3) is 0.200. The molecular formula is C20H19N3O4. The summed E-state index contributed by atoms with van der Waals surface area (Å²) in [4.78, 5) is 36.8. The van der Waals surface area contributed by atoms with Crippen molar-refractivity contribution in [1.29, 1.82) is 0 Å². The molecule has 3 rings (SSSR count). The Morgan fingerprint density at radius 2 is 1.74 bits per heavy atom. The first-order valence-corrected chi connectivity index (χ1v) is 8.57. The third-order valence-corrected chi connectivity index (χ3v) is 4.41. The van der Waals surface area contributed by atoms with Crippen LogP contribution in [0.5, 0.6) is 0 Å². The molecule has 7 nitrogen and oxygen atoms in total. The Morgan fingerprint density at radius 3 is 2.33 bits per heavy atom. The first-order valence-electron chi connectivity index (χ1n) is 8.57. The van der Waals surface area contributed by atoms with Gasteiger partial charge in [0.2, 0.25) is 5.91 Å². The number of nitrogens with zero attached hydrogens (tertiary/aromatic N) is 2. The maximum absolute atomic E-state index is 12.7. The molecule has 1 unspecified atom stereocenters. The van der Waals surface area contributed by atoms with Crippen molar-refractivity contribution in [1.82, 2.24) is 9.78 Å². The van der Waals surface area contributed by atoms with Gasteiger partial charge in [-0.2, -0.15) is 5.10 Å². The van der Waals surface area contributed by atoms with Crippen molar-refractivity contribution in [2.45, 2.75) is 26.3 Å². The van der Waals surface area contributed by atoms with Crippen LogP contribution >= 0.6 is 0 Å². The van der Waals surface area contributed by atoms with Crippen LogP contribution in [-0.4, -0.2) is 26.8 Å². The number of nitrogens with one attached hydrogen (secondary N) is 1. The molecule has 27 heavy (non-hydrogen) atoms. The quantitative estimate of drug-likeness (QED) is 0.724. The van der Waals surface area contributed by atoms with E-state index in [4.69, 9.17) is 0 Å². The summed E-state index contributed by atoms with van der Waals surface area (Å²) < 4.78 is 0.918. The van der Waals surface area contributed by atoms with Gasteiger partial charge in [-0.3, -0.25) is 9.59 Å². The molecule has 0 bridgehead atoms. The Morgan fingerprint density at radius 1 is 1.11 bits per heavy atom. The molecule has 1 atom stereocenters. The Hall–Kier alpha value is -3.48. The molecule has 0 aliphatic carbocycles. The molecule has 138 valence electrons. The van der Waals surface area contributed by atoms with E-state index in [0.717, 1.165) is 16.7 Å². The van der Waals surface area contributed by atoms with Crippen molar-refractivity contribution in [2.75, 3.05) is 5.32 Å². The molecule has 7 heteroatoms. The fourth-order valence-corrected chi connectivity index (χ4v) is 2.81. The van der Waals surface area contributed by atoms with Gasteiger partial charge in [0.1, 0.15) is 6.04 Å². The van der Waals surface area contributed by atoms with E-state index in [1.54, 1.807) is 24.3 Å². The number of benzene rings is 2. The van der Waals surface area contributed by atoms with Crippen LogP contribution in [0.15, 0.2) is 53.3 Å². The first kappa shape index (κ1) is 18.3. The van der Waals surface area contributed by atoms with Crippen molar-refractivity contribution in [3.05, 3.63) is 70.1 Å². The molecule has 1 heterocycles. The molecule has 0 aliphatic heterocycles. The number of aromatic carboxylic acids is 1. The summed E-state index contributed by atoms with van der Waals surface area (Å²) in [7, 11) is 0. The number of aryl methyl sites for hydroxylation is 1. The number of hydrogen-bond acceptors (Lipinski definition) is 4. The van der Waals surface area contributed by atoms with Gasteiger partial charge in [0, 0.05) is 11.1 Å².